The van der Waals surface area contributed by atoms with Crippen LogP contribution in [0.2, 0.25) is 0 Å². The van der Waals surface area contributed by atoms with Crippen molar-refractivity contribution in [2.45, 2.75) is 65.0 Å². The van der Waals surface area contributed by atoms with Gasteiger partial charge in [0.1, 0.15) is 0 Å². The van der Waals surface area contributed by atoms with Gasteiger partial charge in [-0.15, -0.1) is 0 Å². The topological polar surface area (TPSA) is 29.5 Å². The molecule has 5 atom stereocenters. The summed E-state index contributed by atoms with van der Waals surface area (Å²) in [5.41, 5.74) is 0.0953. The van der Waals surface area contributed by atoms with E-state index in [1.165, 1.54) is 19.3 Å². The summed E-state index contributed by atoms with van der Waals surface area (Å²) in [5, 5.41) is 0. The number of amides is 1. The van der Waals surface area contributed by atoms with Crippen LogP contribution < -0.4 is 0 Å². The van der Waals surface area contributed by atoms with Gasteiger partial charge in [-0.2, -0.15) is 0 Å². The van der Waals surface area contributed by atoms with E-state index in [1.54, 1.807) is 0 Å². The van der Waals surface area contributed by atoms with Crippen LogP contribution in [0.4, 0.5) is 0 Å². The molecular formula is C17H29NO2. The van der Waals surface area contributed by atoms with E-state index in [1.807, 2.05) is 14.0 Å². The monoisotopic (exact) mass is 279 g/mol. The Kier molecular flexibility index (Phi) is 3.60. The van der Waals surface area contributed by atoms with E-state index < -0.39 is 0 Å². The highest BCUT2D eigenvalue weighted by atomic mass is 16.5. The summed E-state index contributed by atoms with van der Waals surface area (Å²) in [4.78, 5) is 14.9. The number of hydrogen-bond donors (Lipinski definition) is 0. The second-order valence-corrected chi connectivity index (χ2v) is 7.75. The number of carbonyl (C=O) groups excluding carboxylic acids is 1. The van der Waals surface area contributed by atoms with Gasteiger partial charge in [0.05, 0.1) is 6.10 Å². The van der Waals surface area contributed by atoms with Crippen molar-refractivity contribution in [1.29, 1.82) is 0 Å². The lowest BCUT2D eigenvalue weighted by atomic mass is 9.63. The summed E-state index contributed by atoms with van der Waals surface area (Å²) in [6.07, 6.45) is 6.41. The predicted molar refractivity (Wildman–Crippen MR) is 79.3 cm³/mol. The van der Waals surface area contributed by atoms with Gasteiger partial charge in [0, 0.05) is 31.0 Å². The summed E-state index contributed by atoms with van der Waals surface area (Å²) in [6.45, 7) is 7.30. The molecule has 0 N–H and O–H groups in total. The molecule has 3 rings (SSSR count). The van der Waals surface area contributed by atoms with Crippen molar-refractivity contribution in [2.24, 2.45) is 23.2 Å². The lowest BCUT2D eigenvalue weighted by Gasteiger charge is -2.55. The average molecular weight is 279 g/mol. The number of fused-ring (bicyclic) bond motifs is 2. The van der Waals surface area contributed by atoms with Gasteiger partial charge in [-0.25, -0.2) is 0 Å². The van der Waals surface area contributed by atoms with Crippen molar-refractivity contribution < 1.29 is 9.53 Å². The van der Waals surface area contributed by atoms with Crippen LogP contribution in [0.3, 0.4) is 0 Å². The molecule has 20 heavy (non-hydrogen) atoms. The summed E-state index contributed by atoms with van der Waals surface area (Å²) in [5.74, 6) is 2.25. The van der Waals surface area contributed by atoms with Crippen molar-refractivity contribution in [3.05, 3.63) is 0 Å². The number of nitrogens with zero attached hydrogens (tertiary/aromatic N) is 1. The molecular weight excluding hydrogens is 250 g/mol. The van der Waals surface area contributed by atoms with Gasteiger partial charge in [0.15, 0.2) is 0 Å². The summed E-state index contributed by atoms with van der Waals surface area (Å²) >= 11 is 0. The Morgan fingerprint density at radius 2 is 2.00 bits per heavy atom. The molecule has 0 unspecified atom stereocenters. The molecule has 0 heterocycles. The maximum absolute atomic E-state index is 12.8. The van der Waals surface area contributed by atoms with Crippen LogP contribution in [-0.4, -0.2) is 36.6 Å². The fourth-order valence-electron chi connectivity index (χ4n) is 4.97. The summed E-state index contributed by atoms with van der Waals surface area (Å²) in [7, 11) is 2.02. The van der Waals surface area contributed by atoms with Gasteiger partial charge in [-0.1, -0.05) is 20.3 Å². The van der Waals surface area contributed by atoms with Gasteiger partial charge in [0.25, 0.3) is 0 Å². The molecule has 3 heteroatoms. The van der Waals surface area contributed by atoms with E-state index in [0.29, 0.717) is 29.9 Å². The average Bonchev–Trinajstić information content (AvgIpc) is 3.04. The first-order valence-corrected chi connectivity index (χ1v) is 8.33. The standard InChI is InChI=1S/C17H29NO2/c1-5-20-15-10-14(17(15,2)3)18(4)16(19)13-9-11-6-7-12(13)8-11/h11-15H,5-10H2,1-4H3/t11-,12-,13+,14-,15+/m0/s1. The van der Waals surface area contributed by atoms with Crippen LogP contribution in [0, 0.1) is 23.2 Å². The molecule has 3 fully saturated rings. The number of rotatable bonds is 4. The molecule has 1 amide bonds. The van der Waals surface area contributed by atoms with Crippen molar-refractivity contribution in [1.82, 2.24) is 4.90 Å². The lowest BCUT2D eigenvalue weighted by molar-refractivity contribution is -0.167. The Morgan fingerprint density at radius 3 is 2.50 bits per heavy atom. The number of carbonyl (C=O) groups is 1. The molecule has 0 saturated heterocycles. The third-order valence-electron chi connectivity index (χ3n) is 6.36. The van der Waals surface area contributed by atoms with Gasteiger partial charge < -0.3 is 9.64 Å². The number of hydrogen-bond acceptors (Lipinski definition) is 2. The third kappa shape index (κ3) is 2.09. The van der Waals surface area contributed by atoms with E-state index in [9.17, 15) is 4.79 Å². The van der Waals surface area contributed by atoms with Crippen LogP contribution in [0.1, 0.15) is 52.9 Å². The van der Waals surface area contributed by atoms with Crippen molar-refractivity contribution in [3.63, 3.8) is 0 Å². The first-order valence-electron chi connectivity index (χ1n) is 8.33. The molecule has 0 aliphatic heterocycles. The molecule has 3 aliphatic rings. The lowest BCUT2D eigenvalue weighted by Crippen LogP contribution is -2.63. The quantitative estimate of drug-likeness (QED) is 0.791. The van der Waals surface area contributed by atoms with Crippen molar-refractivity contribution in [2.75, 3.05) is 13.7 Å². The Hall–Kier alpha value is -0.570. The van der Waals surface area contributed by atoms with Gasteiger partial charge in [0.2, 0.25) is 5.91 Å². The molecule has 3 aliphatic carbocycles. The van der Waals surface area contributed by atoms with E-state index in [2.05, 4.69) is 18.7 Å². The molecule has 3 nitrogen and oxygen atoms in total. The molecule has 0 aromatic carbocycles. The molecule has 0 radical (unpaired) electrons. The van der Waals surface area contributed by atoms with Crippen molar-refractivity contribution in [3.8, 4) is 0 Å². The van der Waals surface area contributed by atoms with Crippen LogP contribution in [0.5, 0.6) is 0 Å². The van der Waals surface area contributed by atoms with E-state index >= 15 is 0 Å². The normalized spacial score (nSPS) is 41.5. The van der Waals surface area contributed by atoms with Crippen LogP contribution in [0.25, 0.3) is 0 Å². The van der Waals surface area contributed by atoms with E-state index in [-0.39, 0.29) is 5.41 Å². The zero-order chi connectivity index (χ0) is 14.5. The minimum atomic E-state index is 0.0953. The van der Waals surface area contributed by atoms with Crippen LogP contribution in [-0.2, 0) is 9.53 Å². The highest BCUT2D eigenvalue weighted by Gasteiger charge is 2.53. The number of ether oxygens (including phenoxy) is 1. The maximum atomic E-state index is 12.8. The van der Waals surface area contributed by atoms with E-state index in [4.69, 9.17) is 4.74 Å². The Morgan fingerprint density at radius 1 is 1.25 bits per heavy atom. The van der Waals surface area contributed by atoms with E-state index in [0.717, 1.165) is 25.4 Å². The van der Waals surface area contributed by atoms with Crippen LogP contribution in [0.15, 0.2) is 0 Å². The van der Waals surface area contributed by atoms with Crippen molar-refractivity contribution >= 4 is 5.91 Å². The third-order valence-corrected chi connectivity index (χ3v) is 6.36. The fraction of sp³-hybridized carbons (Fsp3) is 0.941. The SMILES string of the molecule is CCO[C@@H]1C[C@H](N(C)C(=O)[C@@H]2C[C@H]3CC[C@H]2C3)C1(C)C. The molecule has 0 spiro atoms. The second kappa shape index (κ2) is 5.01. The molecule has 3 saturated carbocycles. The maximum Gasteiger partial charge on any atom is 0.225 e. The minimum Gasteiger partial charge on any atom is -0.378 e. The Bertz CT molecular complexity index is 392. The minimum absolute atomic E-state index is 0.0953. The first-order chi connectivity index (χ1) is 9.45. The molecule has 0 aromatic heterocycles. The zero-order valence-corrected chi connectivity index (χ0v) is 13.4. The fourth-order valence-corrected chi connectivity index (χ4v) is 4.97. The Labute approximate surface area is 123 Å². The van der Waals surface area contributed by atoms with Gasteiger partial charge in [-0.05, 0) is 44.4 Å². The first kappa shape index (κ1) is 14.4. The van der Waals surface area contributed by atoms with Crippen LogP contribution >= 0.6 is 0 Å². The summed E-state index contributed by atoms with van der Waals surface area (Å²) < 4.78 is 5.79. The largest absolute Gasteiger partial charge is 0.378 e. The second-order valence-electron chi connectivity index (χ2n) is 7.75. The highest BCUT2D eigenvalue weighted by Crippen LogP contribution is 2.51. The smallest absolute Gasteiger partial charge is 0.225 e. The van der Waals surface area contributed by atoms with Gasteiger partial charge in [-0.3, -0.25) is 4.79 Å². The highest BCUT2D eigenvalue weighted by molar-refractivity contribution is 5.80. The predicted octanol–water partition coefficient (Wildman–Crippen LogP) is 3.08. The molecule has 114 valence electrons. The molecule has 2 bridgehead atoms. The van der Waals surface area contributed by atoms with Gasteiger partial charge >= 0.3 is 0 Å². The zero-order valence-electron chi connectivity index (χ0n) is 13.4. The molecule has 0 aromatic rings. The Balaban J connectivity index is 1.62. The summed E-state index contributed by atoms with van der Waals surface area (Å²) in [6, 6.07) is 0.352.